The van der Waals surface area contributed by atoms with Crippen LogP contribution >= 0.6 is 0 Å². The highest BCUT2D eigenvalue weighted by atomic mass is 16.5. The Morgan fingerprint density at radius 1 is 0.875 bits per heavy atom. The third-order valence-corrected chi connectivity index (χ3v) is 6.91. The zero-order valence-electron chi connectivity index (χ0n) is 23.3. The van der Waals surface area contributed by atoms with Gasteiger partial charge in [-0.05, 0) is 40.8 Å². The summed E-state index contributed by atoms with van der Waals surface area (Å²) in [5.41, 5.74) is 4.94. The van der Waals surface area contributed by atoms with Crippen molar-refractivity contribution in [2.24, 2.45) is 7.05 Å². The molecule has 0 bridgehead atoms. The minimum absolute atomic E-state index is 0.116. The lowest BCUT2D eigenvalue weighted by atomic mass is 9.98. The normalized spacial score (nSPS) is 12.1. The molecule has 2 heterocycles. The monoisotopic (exact) mass is 537 g/mol. The van der Waals surface area contributed by atoms with Gasteiger partial charge in [-0.15, -0.1) is 10.2 Å². The highest BCUT2D eigenvalue weighted by Crippen LogP contribution is 2.30. The maximum atomic E-state index is 13.6. The number of ether oxygens (including phenoxy) is 1. The standard InChI is InChI=1S/C31H35N7O2/c1-4-6-16-29-33-38(22-28(40-5-2)25-12-8-7-9-13-25)31(39)37(29)21-23-17-19-24(20-18-23)26-14-10-11-15-27(26)30-32-35-36(3)34-30/h7-15,17-20,28H,4-6,16,21-22H2,1-3H3. The molecule has 0 aliphatic carbocycles. The van der Waals surface area contributed by atoms with Crippen LogP contribution in [0.4, 0.5) is 0 Å². The number of aryl methyl sites for hydroxylation is 2. The fourth-order valence-corrected chi connectivity index (χ4v) is 4.86. The summed E-state index contributed by atoms with van der Waals surface area (Å²) < 4.78 is 9.38. The van der Waals surface area contributed by atoms with E-state index in [2.05, 4.69) is 52.7 Å². The molecule has 0 spiro atoms. The summed E-state index contributed by atoms with van der Waals surface area (Å²) in [6, 6.07) is 26.3. The lowest BCUT2D eigenvalue weighted by molar-refractivity contribution is 0.0462. The van der Waals surface area contributed by atoms with E-state index >= 15 is 0 Å². The number of rotatable bonds is 12. The van der Waals surface area contributed by atoms with Gasteiger partial charge >= 0.3 is 5.69 Å². The number of benzene rings is 3. The first-order chi connectivity index (χ1) is 19.6. The van der Waals surface area contributed by atoms with E-state index in [0.717, 1.165) is 52.9 Å². The van der Waals surface area contributed by atoms with Crippen LogP contribution in [-0.4, -0.2) is 41.2 Å². The van der Waals surface area contributed by atoms with Gasteiger partial charge in [0, 0.05) is 18.6 Å². The second-order valence-corrected chi connectivity index (χ2v) is 9.77. The number of tetrazole rings is 1. The van der Waals surface area contributed by atoms with Crippen LogP contribution in [0.5, 0.6) is 0 Å². The largest absolute Gasteiger partial charge is 0.372 e. The van der Waals surface area contributed by atoms with E-state index in [-0.39, 0.29) is 11.8 Å². The van der Waals surface area contributed by atoms with Crippen molar-refractivity contribution in [1.29, 1.82) is 0 Å². The summed E-state index contributed by atoms with van der Waals surface area (Å²) in [7, 11) is 1.76. The Bertz CT molecular complexity index is 1590. The van der Waals surface area contributed by atoms with Crippen molar-refractivity contribution in [2.45, 2.75) is 52.3 Å². The van der Waals surface area contributed by atoms with E-state index in [9.17, 15) is 4.79 Å². The van der Waals surface area contributed by atoms with Gasteiger partial charge in [0.05, 0.1) is 20.1 Å². The predicted octanol–water partition coefficient (Wildman–Crippen LogP) is 5.07. The highest BCUT2D eigenvalue weighted by molar-refractivity contribution is 5.80. The van der Waals surface area contributed by atoms with Crippen molar-refractivity contribution < 1.29 is 4.74 Å². The summed E-state index contributed by atoms with van der Waals surface area (Å²) >= 11 is 0. The average molecular weight is 538 g/mol. The predicted molar refractivity (Wildman–Crippen MR) is 155 cm³/mol. The molecule has 0 saturated heterocycles. The van der Waals surface area contributed by atoms with E-state index in [1.807, 2.05) is 55.5 Å². The Labute approximate surface area is 234 Å². The third kappa shape index (κ3) is 6.10. The minimum Gasteiger partial charge on any atom is -0.372 e. The Hall–Kier alpha value is -4.37. The quantitative estimate of drug-likeness (QED) is 0.221. The van der Waals surface area contributed by atoms with Crippen molar-refractivity contribution in [3.63, 3.8) is 0 Å². The molecular formula is C31H35N7O2. The Balaban J connectivity index is 1.41. The molecule has 0 saturated carbocycles. The summed E-state index contributed by atoms with van der Waals surface area (Å²) in [4.78, 5) is 15.1. The molecule has 0 aliphatic heterocycles. The first kappa shape index (κ1) is 27.2. The molecule has 5 aromatic rings. The summed E-state index contributed by atoms with van der Waals surface area (Å²) in [6.07, 6.45) is 2.51. The Kier molecular flexibility index (Phi) is 8.61. The molecule has 1 unspecified atom stereocenters. The number of unbranched alkanes of at least 4 members (excludes halogenated alkanes) is 1. The summed E-state index contributed by atoms with van der Waals surface area (Å²) in [6.45, 7) is 5.49. The number of aromatic nitrogens is 7. The van der Waals surface area contributed by atoms with Crippen molar-refractivity contribution in [3.05, 3.63) is 106 Å². The van der Waals surface area contributed by atoms with Crippen LogP contribution in [0.3, 0.4) is 0 Å². The van der Waals surface area contributed by atoms with Crippen LogP contribution in [0.1, 0.15) is 49.7 Å². The second kappa shape index (κ2) is 12.7. The molecule has 40 heavy (non-hydrogen) atoms. The van der Waals surface area contributed by atoms with E-state index in [1.165, 1.54) is 4.80 Å². The minimum atomic E-state index is -0.241. The topological polar surface area (TPSA) is 92.7 Å². The van der Waals surface area contributed by atoms with Crippen LogP contribution in [0.15, 0.2) is 83.7 Å². The highest BCUT2D eigenvalue weighted by Gasteiger charge is 2.19. The fourth-order valence-electron chi connectivity index (χ4n) is 4.86. The van der Waals surface area contributed by atoms with Gasteiger partial charge in [0.15, 0.2) is 0 Å². The average Bonchev–Trinajstić information content (AvgIpc) is 3.55. The lowest BCUT2D eigenvalue weighted by Crippen LogP contribution is -2.28. The summed E-state index contributed by atoms with van der Waals surface area (Å²) in [5.74, 6) is 1.39. The first-order valence-electron chi connectivity index (χ1n) is 13.8. The van der Waals surface area contributed by atoms with Gasteiger partial charge in [0.1, 0.15) is 11.9 Å². The number of hydrogen-bond acceptors (Lipinski definition) is 6. The van der Waals surface area contributed by atoms with Gasteiger partial charge in [-0.2, -0.15) is 9.90 Å². The van der Waals surface area contributed by atoms with E-state index < -0.39 is 0 Å². The smallest absolute Gasteiger partial charge is 0.346 e. The van der Waals surface area contributed by atoms with E-state index in [1.54, 1.807) is 16.3 Å². The third-order valence-electron chi connectivity index (χ3n) is 6.91. The molecule has 9 heteroatoms. The van der Waals surface area contributed by atoms with Crippen LogP contribution in [0.25, 0.3) is 22.5 Å². The van der Waals surface area contributed by atoms with E-state index in [4.69, 9.17) is 9.84 Å². The number of nitrogens with zero attached hydrogens (tertiary/aromatic N) is 7. The van der Waals surface area contributed by atoms with Gasteiger partial charge in [0.2, 0.25) is 5.82 Å². The van der Waals surface area contributed by atoms with Crippen LogP contribution in [-0.2, 0) is 31.3 Å². The molecule has 206 valence electrons. The van der Waals surface area contributed by atoms with E-state index in [0.29, 0.717) is 25.5 Å². The maximum Gasteiger partial charge on any atom is 0.346 e. The van der Waals surface area contributed by atoms with Crippen LogP contribution in [0.2, 0.25) is 0 Å². The first-order valence-corrected chi connectivity index (χ1v) is 13.8. The zero-order valence-corrected chi connectivity index (χ0v) is 23.3. The molecule has 3 aromatic carbocycles. The summed E-state index contributed by atoms with van der Waals surface area (Å²) in [5, 5.41) is 17.3. The van der Waals surface area contributed by atoms with Crippen LogP contribution < -0.4 is 5.69 Å². The molecule has 0 amide bonds. The van der Waals surface area contributed by atoms with Crippen molar-refractivity contribution in [1.82, 2.24) is 34.6 Å². The fraction of sp³-hybridized carbons (Fsp3) is 0.323. The van der Waals surface area contributed by atoms with Crippen LogP contribution in [0, 0.1) is 0 Å². The lowest BCUT2D eigenvalue weighted by Gasteiger charge is -2.16. The molecule has 9 nitrogen and oxygen atoms in total. The number of hydrogen-bond donors (Lipinski definition) is 0. The SMILES string of the molecule is CCCCc1nn(CC(OCC)c2ccccc2)c(=O)n1Cc1ccc(-c2ccccc2-c2nnn(C)n2)cc1. The van der Waals surface area contributed by atoms with Gasteiger partial charge in [0.25, 0.3) is 0 Å². The Morgan fingerprint density at radius 3 is 2.27 bits per heavy atom. The van der Waals surface area contributed by atoms with Gasteiger partial charge in [-0.25, -0.2) is 9.48 Å². The molecule has 1 atom stereocenters. The maximum absolute atomic E-state index is 13.6. The Morgan fingerprint density at radius 2 is 1.60 bits per heavy atom. The molecule has 0 radical (unpaired) electrons. The molecule has 2 aromatic heterocycles. The molecule has 0 fully saturated rings. The van der Waals surface area contributed by atoms with Gasteiger partial charge < -0.3 is 4.74 Å². The van der Waals surface area contributed by atoms with Gasteiger partial charge in [-0.1, -0.05) is 92.2 Å². The van der Waals surface area contributed by atoms with Gasteiger partial charge in [-0.3, -0.25) is 4.57 Å². The van der Waals surface area contributed by atoms with Crippen molar-refractivity contribution in [3.8, 4) is 22.5 Å². The second-order valence-electron chi connectivity index (χ2n) is 9.77. The molecule has 0 aliphatic rings. The van der Waals surface area contributed by atoms with Crippen molar-refractivity contribution >= 4 is 0 Å². The van der Waals surface area contributed by atoms with Crippen molar-refractivity contribution in [2.75, 3.05) is 6.61 Å². The molecule has 0 N–H and O–H groups in total. The zero-order chi connectivity index (χ0) is 27.9. The molecule has 5 rings (SSSR count). The molecular weight excluding hydrogens is 502 g/mol.